The van der Waals surface area contributed by atoms with Gasteiger partial charge in [-0.3, -0.25) is 13.9 Å². The molecular formula is C30H36ClN3O4S. The predicted molar refractivity (Wildman–Crippen MR) is 157 cm³/mol. The molecule has 0 saturated carbocycles. The van der Waals surface area contributed by atoms with Gasteiger partial charge in [0.25, 0.3) is 0 Å². The Hall–Kier alpha value is -3.36. The molecule has 0 bridgehead atoms. The van der Waals surface area contributed by atoms with Crippen LogP contribution < -0.4 is 9.62 Å². The van der Waals surface area contributed by atoms with Gasteiger partial charge in [0.05, 0.1) is 11.9 Å². The van der Waals surface area contributed by atoms with Gasteiger partial charge in [0.15, 0.2) is 0 Å². The molecule has 0 saturated heterocycles. The van der Waals surface area contributed by atoms with Gasteiger partial charge >= 0.3 is 0 Å². The summed E-state index contributed by atoms with van der Waals surface area (Å²) in [5.41, 5.74) is 3.66. The van der Waals surface area contributed by atoms with E-state index in [2.05, 4.69) is 5.32 Å². The molecule has 0 fully saturated rings. The highest BCUT2D eigenvalue weighted by Gasteiger charge is 2.33. The van der Waals surface area contributed by atoms with Crippen LogP contribution in [0.25, 0.3) is 0 Å². The molecule has 0 aliphatic rings. The Balaban J connectivity index is 2.06. The Labute approximate surface area is 236 Å². The molecule has 39 heavy (non-hydrogen) atoms. The lowest BCUT2D eigenvalue weighted by Crippen LogP contribution is -2.53. The molecule has 0 aromatic heterocycles. The normalized spacial score (nSPS) is 12.0. The number of carbonyl (C=O) groups is 2. The maximum atomic E-state index is 14.1. The Morgan fingerprint density at radius 2 is 1.59 bits per heavy atom. The van der Waals surface area contributed by atoms with Crippen LogP contribution in [-0.2, 0) is 32.6 Å². The van der Waals surface area contributed by atoms with Crippen molar-refractivity contribution in [2.24, 2.45) is 0 Å². The second-order valence-corrected chi connectivity index (χ2v) is 12.0. The maximum Gasteiger partial charge on any atom is 0.244 e. The zero-order chi connectivity index (χ0) is 28.6. The van der Waals surface area contributed by atoms with E-state index in [1.807, 2.05) is 68.4 Å². The molecule has 3 aromatic rings. The fourth-order valence-electron chi connectivity index (χ4n) is 4.27. The molecule has 0 heterocycles. The monoisotopic (exact) mass is 569 g/mol. The lowest BCUT2D eigenvalue weighted by atomic mass is 10.0. The van der Waals surface area contributed by atoms with Crippen LogP contribution in [-0.4, -0.2) is 50.5 Å². The van der Waals surface area contributed by atoms with E-state index < -0.39 is 28.5 Å². The van der Waals surface area contributed by atoms with Gasteiger partial charge in [0.2, 0.25) is 21.8 Å². The molecule has 3 aromatic carbocycles. The van der Waals surface area contributed by atoms with E-state index in [1.165, 1.54) is 4.90 Å². The summed E-state index contributed by atoms with van der Waals surface area (Å²) in [7, 11) is -3.86. The standard InChI is InChI=1S/C30H36ClN3O4S/c1-5-18-32-30(36)28(19-24-10-7-6-8-11-24)33(20-25-16-14-22(2)15-17-25)29(35)21-34(39(4,37)38)27-13-9-12-26(31)23(27)3/h6-17,28H,5,18-21H2,1-4H3,(H,32,36). The first-order chi connectivity index (χ1) is 18.5. The van der Waals surface area contributed by atoms with Crippen molar-refractivity contribution in [1.29, 1.82) is 0 Å². The summed E-state index contributed by atoms with van der Waals surface area (Å²) in [5, 5.41) is 3.33. The third-order valence-corrected chi connectivity index (χ3v) is 8.02. The molecule has 208 valence electrons. The number of amides is 2. The van der Waals surface area contributed by atoms with Crippen LogP contribution in [0.4, 0.5) is 5.69 Å². The number of sulfonamides is 1. The van der Waals surface area contributed by atoms with Gasteiger partial charge in [-0.25, -0.2) is 8.42 Å². The summed E-state index contributed by atoms with van der Waals surface area (Å²) in [4.78, 5) is 29.0. The number of nitrogens with zero attached hydrogens (tertiary/aromatic N) is 2. The van der Waals surface area contributed by atoms with Crippen molar-refractivity contribution in [2.75, 3.05) is 23.7 Å². The average Bonchev–Trinajstić information content (AvgIpc) is 2.90. The summed E-state index contributed by atoms with van der Waals surface area (Å²) in [6.45, 7) is 5.77. The summed E-state index contributed by atoms with van der Waals surface area (Å²) in [6, 6.07) is 21.3. The fraction of sp³-hybridized carbons (Fsp3) is 0.333. The second-order valence-electron chi connectivity index (χ2n) is 9.66. The van der Waals surface area contributed by atoms with Crippen molar-refractivity contribution in [3.05, 3.63) is 100 Å². The number of anilines is 1. The van der Waals surface area contributed by atoms with Crippen LogP contribution in [0.1, 0.15) is 35.6 Å². The number of aryl methyl sites for hydroxylation is 1. The van der Waals surface area contributed by atoms with E-state index in [-0.39, 0.29) is 18.9 Å². The molecule has 1 atom stereocenters. The van der Waals surface area contributed by atoms with Crippen molar-refractivity contribution in [3.8, 4) is 0 Å². The van der Waals surface area contributed by atoms with E-state index in [0.29, 0.717) is 22.8 Å². The zero-order valence-electron chi connectivity index (χ0n) is 22.9. The third kappa shape index (κ3) is 8.31. The molecule has 2 amide bonds. The molecule has 3 rings (SSSR count). The van der Waals surface area contributed by atoms with Crippen LogP contribution in [0.15, 0.2) is 72.8 Å². The molecule has 9 heteroatoms. The van der Waals surface area contributed by atoms with E-state index in [9.17, 15) is 18.0 Å². The molecule has 0 radical (unpaired) electrons. The quantitative estimate of drug-likeness (QED) is 0.336. The minimum atomic E-state index is -3.86. The highest BCUT2D eigenvalue weighted by Crippen LogP contribution is 2.28. The van der Waals surface area contributed by atoms with Gasteiger partial charge in [-0.2, -0.15) is 0 Å². The maximum absolute atomic E-state index is 14.1. The first-order valence-electron chi connectivity index (χ1n) is 12.9. The third-order valence-electron chi connectivity index (χ3n) is 6.48. The summed E-state index contributed by atoms with van der Waals surface area (Å²) >= 11 is 6.29. The van der Waals surface area contributed by atoms with Gasteiger partial charge in [-0.15, -0.1) is 0 Å². The first kappa shape index (κ1) is 30.2. The Morgan fingerprint density at radius 3 is 2.21 bits per heavy atom. The summed E-state index contributed by atoms with van der Waals surface area (Å²) in [5.74, 6) is -0.779. The minimum absolute atomic E-state index is 0.141. The number of carbonyl (C=O) groups excluding carboxylic acids is 2. The Morgan fingerprint density at radius 1 is 0.923 bits per heavy atom. The molecule has 0 aliphatic carbocycles. The largest absolute Gasteiger partial charge is 0.354 e. The molecular weight excluding hydrogens is 534 g/mol. The van der Waals surface area contributed by atoms with Crippen molar-refractivity contribution in [2.45, 2.75) is 46.2 Å². The van der Waals surface area contributed by atoms with E-state index >= 15 is 0 Å². The lowest BCUT2D eigenvalue weighted by Gasteiger charge is -2.34. The van der Waals surface area contributed by atoms with Crippen molar-refractivity contribution in [1.82, 2.24) is 10.2 Å². The lowest BCUT2D eigenvalue weighted by molar-refractivity contribution is -0.140. The van der Waals surface area contributed by atoms with Gasteiger partial charge in [-0.1, -0.05) is 84.8 Å². The highest BCUT2D eigenvalue weighted by atomic mass is 35.5. The predicted octanol–water partition coefficient (Wildman–Crippen LogP) is 4.89. The molecule has 7 nitrogen and oxygen atoms in total. The van der Waals surface area contributed by atoms with E-state index in [4.69, 9.17) is 11.6 Å². The molecule has 1 unspecified atom stereocenters. The Bertz CT molecular complexity index is 1380. The fourth-order valence-corrected chi connectivity index (χ4v) is 5.34. The van der Waals surface area contributed by atoms with Gasteiger partial charge < -0.3 is 10.2 Å². The van der Waals surface area contributed by atoms with Gasteiger partial charge in [-0.05, 0) is 49.1 Å². The van der Waals surface area contributed by atoms with Crippen LogP contribution >= 0.6 is 11.6 Å². The summed E-state index contributed by atoms with van der Waals surface area (Å²) < 4.78 is 26.9. The van der Waals surface area contributed by atoms with Crippen molar-refractivity contribution < 1.29 is 18.0 Å². The number of hydrogen-bond acceptors (Lipinski definition) is 4. The van der Waals surface area contributed by atoms with Crippen molar-refractivity contribution in [3.63, 3.8) is 0 Å². The molecule has 0 aliphatic heterocycles. The second kappa shape index (κ2) is 13.6. The van der Waals surface area contributed by atoms with Crippen LogP contribution in [0, 0.1) is 13.8 Å². The SMILES string of the molecule is CCCNC(=O)C(Cc1ccccc1)N(Cc1ccc(C)cc1)C(=O)CN(c1cccc(Cl)c1C)S(C)(=O)=O. The smallest absolute Gasteiger partial charge is 0.244 e. The number of benzene rings is 3. The van der Waals surface area contributed by atoms with E-state index in [0.717, 1.165) is 33.7 Å². The number of hydrogen-bond donors (Lipinski definition) is 1. The topological polar surface area (TPSA) is 86.8 Å². The minimum Gasteiger partial charge on any atom is -0.354 e. The van der Waals surface area contributed by atoms with Crippen molar-refractivity contribution >= 4 is 39.1 Å². The number of nitrogens with one attached hydrogen (secondary N) is 1. The van der Waals surface area contributed by atoms with Gasteiger partial charge in [0.1, 0.15) is 12.6 Å². The number of halogens is 1. The number of rotatable bonds is 12. The first-order valence-corrected chi connectivity index (χ1v) is 15.1. The van der Waals surface area contributed by atoms with Crippen LogP contribution in [0.5, 0.6) is 0 Å². The average molecular weight is 570 g/mol. The molecule has 0 spiro atoms. The van der Waals surface area contributed by atoms with Gasteiger partial charge in [0, 0.05) is 24.5 Å². The molecule has 1 N–H and O–H groups in total. The van der Waals surface area contributed by atoms with Crippen LogP contribution in [0.3, 0.4) is 0 Å². The highest BCUT2D eigenvalue weighted by molar-refractivity contribution is 7.92. The van der Waals surface area contributed by atoms with Crippen LogP contribution in [0.2, 0.25) is 5.02 Å². The van der Waals surface area contributed by atoms with E-state index in [1.54, 1.807) is 25.1 Å². The Kier molecular flexibility index (Phi) is 10.5. The zero-order valence-corrected chi connectivity index (χ0v) is 24.4. The summed E-state index contributed by atoms with van der Waals surface area (Å²) in [6.07, 6.45) is 2.08.